The van der Waals surface area contributed by atoms with Gasteiger partial charge in [-0.2, -0.15) is 0 Å². The van der Waals surface area contributed by atoms with Crippen molar-refractivity contribution in [1.82, 2.24) is 0 Å². The molecule has 0 saturated heterocycles. The number of hydrogen-bond acceptors (Lipinski definition) is 1. The zero-order chi connectivity index (χ0) is 7.40. The Bertz CT molecular complexity index is 223. The first kappa shape index (κ1) is 10.2. The largest absolute Gasteiger partial charge is 0.326 e. The van der Waals surface area contributed by atoms with E-state index in [0.29, 0.717) is 0 Å². The summed E-state index contributed by atoms with van der Waals surface area (Å²) >= 11 is 0. The van der Waals surface area contributed by atoms with E-state index >= 15 is 0 Å². The molecule has 11 heavy (non-hydrogen) atoms. The molecule has 3 heteroatoms. The summed E-state index contributed by atoms with van der Waals surface area (Å²) in [5, 5.41) is 2.67. The maximum absolute atomic E-state index is 10.5. The molecule has 62 valence electrons. The van der Waals surface area contributed by atoms with Crippen LogP contribution in [0.1, 0.15) is 6.92 Å². The Kier molecular flexibility index (Phi) is 4.55. The van der Waals surface area contributed by atoms with Gasteiger partial charge < -0.3 is 5.32 Å². The molecule has 0 atom stereocenters. The number of hydrogen-bond donors (Lipinski definition) is 1. The Balaban J connectivity index is 0.000001000. The van der Waals surface area contributed by atoms with Crippen molar-refractivity contribution in [3.8, 4) is 0 Å². The Morgan fingerprint density at radius 1 is 1.27 bits per heavy atom. The second-order valence-corrected chi connectivity index (χ2v) is 2.05. The van der Waals surface area contributed by atoms with Crippen molar-refractivity contribution in [2.24, 2.45) is 0 Å². The molecule has 0 aliphatic carbocycles. The van der Waals surface area contributed by atoms with E-state index in [1.165, 1.54) is 6.92 Å². The van der Waals surface area contributed by atoms with Gasteiger partial charge in [0, 0.05) is 29.1 Å². The third-order valence-electron chi connectivity index (χ3n) is 1.09. The summed E-state index contributed by atoms with van der Waals surface area (Å²) in [5.41, 5.74) is 0.843. The summed E-state index contributed by atoms with van der Waals surface area (Å²) in [5.74, 6) is -0.0359. The molecule has 0 aliphatic heterocycles. The Hall–Kier alpha value is -0.816. The zero-order valence-electron chi connectivity index (χ0n) is 6.11. The molecule has 0 unspecified atom stereocenters. The smallest absolute Gasteiger partial charge is 0.221 e. The molecule has 1 aromatic rings. The molecule has 0 spiro atoms. The number of amides is 1. The van der Waals surface area contributed by atoms with Crippen molar-refractivity contribution in [2.75, 3.05) is 5.32 Å². The van der Waals surface area contributed by atoms with Gasteiger partial charge in [-0.3, -0.25) is 4.79 Å². The van der Waals surface area contributed by atoms with Gasteiger partial charge in [0.2, 0.25) is 5.91 Å². The van der Waals surface area contributed by atoms with Gasteiger partial charge in [-0.05, 0) is 12.1 Å². The number of anilines is 1. The standard InChI is InChI=1S/C8H9NO.Ni/c1-7(10)9-8-5-3-2-4-6-8;/h2-6H,1H3,(H,9,10);. The summed E-state index contributed by atoms with van der Waals surface area (Å²) in [6.07, 6.45) is 0. The third kappa shape index (κ3) is 3.79. The molecule has 0 bridgehead atoms. The molecule has 2 nitrogen and oxygen atoms in total. The monoisotopic (exact) mass is 193 g/mol. The molecule has 0 aliphatic rings. The number of para-hydroxylation sites is 1. The van der Waals surface area contributed by atoms with Crippen LogP contribution in [-0.4, -0.2) is 5.91 Å². The topological polar surface area (TPSA) is 29.1 Å². The van der Waals surface area contributed by atoms with E-state index in [9.17, 15) is 4.79 Å². The molecule has 0 heterocycles. The van der Waals surface area contributed by atoms with Crippen LogP contribution in [0.4, 0.5) is 5.69 Å². The molecular formula is C8H9NNiO. The molecular weight excluding hydrogens is 185 g/mol. The van der Waals surface area contributed by atoms with E-state index in [1.807, 2.05) is 30.3 Å². The van der Waals surface area contributed by atoms with E-state index in [-0.39, 0.29) is 22.4 Å². The van der Waals surface area contributed by atoms with Crippen LogP contribution in [0.3, 0.4) is 0 Å². The van der Waals surface area contributed by atoms with Crippen LogP contribution in [0.25, 0.3) is 0 Å². The van der Waals surface area contributed by atoms with Gasteiger partial charge in [-0.1, -0.05) is 18.2 Å². The van der Waals surface area contributed by atoms with Gasteiger partial charge in [-0.25, -0.2) is 0 Å². The molecule has 0 radical (unpaired) electrons. The van der Waals surface area contributed by atoms with Crippen LogP contribution in [0.2, 0.25) is 0 Å². The van der Waals surface area contributed by atoms with Crippen molar-refractivity contribution >= 4 is 11.6 Å². The van der Waals surface area contributed by atoms with Gasteiger partial charge in [0.15, 0.2) is 0 Å². The molecule has 0 aromatic heterocycles. The number of carbonyl (C=O) groups is 1. The van der Waals surface area contributed by atoms with Crippen molar-refractivity contribution in [2.45, 2.75) is 6.92 Å². The molecule has 1 N–H and O–H groups in total. The summed E-state index contributed by atoms with van der Waals surface area (Å²) in [6.45, 7) is 1.49. The van der Waals surface area contributed by atoms with Gasteiger partial charge in [-0.15, -0.1) is 0 Å². The van der Waals surface area contributed by atoms with Crippen molar-refractivity contribution in [3.05, 3.63) is 30.3 Å². The fourth-order valence-electron chi connectivity index (χ4n) is 0.725. The second kappa shape index (κ2) is 4.92. The fourth-order valence-corrected chi connectivity index (χ4v) is 0.725. The predicted octanol–water partition coefficient (Wildman–Crippen LogP) is 1.64. The molecule has 1 rings (SSSR count). The Morgan fingerprint density at radius 2 is 1.82 bits per heavy atom. The van der Waals surface area contributed by atoms with Crippen LogP contribution in [0, 0.1) is 0 Å². The van der Waals surface area contributed by atoms with E-state index in [2.05, 4.69) is 5.32 Å². The quantitative estimate of drug-likeness (QED) is 0.676. The van der Waals surface area contributed by atoms with Gasteiger partial charge in [0.25, 0.3) is 0 Å². The van der Waals surface area contributed by atoms with Crippen LogP contribution in [0.15, 0.2) is 30.3 Å². The molecule has 1 amide bonds. The number of carbonyl (C=O) groups excluding carboxylic acids is 1. The van der Waals surface area contributed by atoms with Crippen molar-refractivity contribution in [1.29, 1.82) is 0 Å². The van der Waals surface area contributed by atoms with E-state index in [0.717, 1.165) is 5.69 Å². The van der Waals surface area contributed by atoms with Crippen LogP contribution < -0.4 is 5.32 Å². The number of rotatable bonds is 1. The van der Waals surface area contributed by atoms with E-state index in [1.54, 1.807) is 0 Å². The summed E-state index contributed by atoms with van der Waals surface area (Å²) in [7, 11) is 0. The predicted molar refractivity (Wildman–Crippen MR) is 40.7 cm³/mol. The van der Waals surface area contributed by atoms with Crippen LogP contribution >= 0.6 is 0 Å². The van der Waals surface area contributed by atoms with E-state index < -0.39 is 0 Å². The van der Waals surface area contributed by atoms with Crippen molar-refractivity contribution < 1.29 is 21.3 Å². The van der Waals surface area contributed by atoms with Crippen molar-refractivity contribution in [3.63, 3.8) is 0 Å². The average Bonchev–Trinajstić information content (AvgIpc) is 1.88. The minimum absolute atomic E-state index is 0. The number of nitrogens with one attached hydrogen (secondary N) is 1. The maximum Gasteiger partial charge on any atom is 0.221 e. The van der Waals surface area contributed by atoms with Crippen LogP contribution in [0.5, 0.6) is 0 Å². The second-order valence-electron chi connectivity index (χ2n) is 2.05. The van der Waals surface area contributed by atoms with E-state index in [4.69, 9.17) is 0 Å². The first-order valence-electron chi connectivity index (χ1n) is 3.11. The number of benzene rings is 1. The van der Waals surface area contributed by atoms with Gasteiger partial charge in [0.05, 0.1) is 0 Å². The first-order valence-corrected chi connectivity index (χ1v) is 3.11. The van der Waals surface area contributed by atoms with Gasteiger partial charge in [0.1, 0.15) is 0 Å². The minimum atomic E-state index is -0.0359. The Morgan fingerprint density at radius 3 is 2.27 bits per heavy atom. The first-order chi connectivity index (χ1) is 4.79. The average molecular weight is 194 g/mol. The molecule has 0 saturated carbocycles. The maximum atomic E-state index is 10.5. The van der Waals surface area contributed by atoms with Crippen LogP contribution in [-0.2, 0) is 21.3 Å². The summed E-state index contributed by atoms with van der Waals surface area (Å²) < 4.78 is 0. The van der Waals surface area contributed by atoms with Gasteiger partial charge >= 0.3 is 0 Å². The minimum Gasteiger partial charge on any atom is -0.326 e. The molecule has 1 aromatic carbocycles. The SMILES string of the molecule is CC(=O)Nc1ccccc1.[Ni]. The molecule has 0 fully saturated rings. The summed E-state index contributed by atoms with van der Waals surface area (Å²) in [6, 6.07) is 9.37. The normalized spacial score (nSPS) is 8.09. The third-order valence-corrected chi connectivity index (χ3v) is 1.09. The fraction of sp³-hybridized carbons (Fsp3) is 0.125. The zero-order valence-corrected chi connectivity index (χ0v) is 7.10. The Labute approximate surface area is 75.9 Å². The summed E-state index contributed by atoms with van der Waals surface area (Å²) in [4.78, 5) is 10.5.